The molecule has 10 nitrogen and oxygen atoms in total. The van der Waals surface area contributed by atoms with E-state index in [0.717, 1.165) is 0 Å². The Morgan fingerprint density at radius 3 is 2.38 bits per heavy atom. The number of nitrogens with one attached hydrogen (secondary N) is 1. The SMILES string of the molecule is COc1cc(C=NNC(=O)C(C)Oc2ccc([N+](=O)[O-])cc2)ccc1OC(=O)c1ccccc1. The van der Waals surface area contributed by atoms with E-state index in [1.54, 1.807) is 48.5 Å². The highest BCUT2D eigenvalue weighted by Crippen LogP contribution is 2.28. The molecule has 0 aliphatic carbocycles. The lowest BCUT2D eigenvalue weighted by atomic mass is 10.2. The summed E-state index contributed by atoms with van der Waals surface area (Å²) in [5.74, 6) is -0.177. The van der Waals surface area contributed by atoms with Gasteiger partial charge in [-0.2, -0.15) is 5.10 Å². The summed E-state index contributed by atoms with van der Waals surface area (Å²) < 4.78 is 16.1. The van der Waals surface area contributed by atoms with Gasteiger partial charge in [0.25, 0.3) is 11.6 Å². The van der Waals surface area contributed by atoms with Crippen LogP contribution in [-0.2, 0) is 4.79 Å². The number of hydrogen-bond acceptors (Lipinski definition) is 8. The average molecular weight is 463 g/mol. The number of benzene rings is 3. The lowest BCUT2D eigenvalue weighted by molar-refractivity contribution is -0.384. The van der Waals surface area contributed by atoms with Gasteiger partial charge in [-0.25, -0.2) is 10.2 Å². The second kappa shape index (κ2) is 11.2. The normalized spacial score (nSPS) is 11.5. The van der Waals surface area contributed by atoms with E-state index in [1.807, 2.05) is 0 Å². The molecule has 34 heavy (non-hydrogen) atoms. The molecule has 0 bridgehead atoms. The van der Waals surface area contributed by atoms with Crippen LogP contribution >= 0.6 is 0 Å². The smallest absolute Gasteiger partial charge is 0.343 e. The van der Waals surface area contributed by atoms with Crippen molar-refractivity contribution in [3.05, 3.63) is 94.0 Å². The maximum absolute atomic E-state index is 12.3. The minimum atomic E-state index is -0.895. The van der Waals surface area contributed by atoms with Gasteiger partial charge in [0.05, 0.1) is 23.8 Å². The molecule has 0 spiro atoms. The maximum Gasteiger partial charge on any atom is 0.343 e. The molecule has 1 N–H and O–H groups in total. The van der Waals surface area contributed by atoms with Crippen molar-refractivity contribution in [3.8, 4) is 17.2 Å². The first-order chi connectivity index (χ1) is 16.4. The van der Waals surface area contributed by atoms with Crippen LogP contribution in [0.1, 0.15) is 22.8 Å². The number of methoxy groups -OCH3 is 1. The van der Waals surface area contributed by atoms with Gasteiger partial charge in [0.15, 0.2) is 17.6 Å². The van der Waals surface area contributed by atoms with Crippen molar-refractivity contribution in [2.24, 2.45) is 5.10 Å². The number of carbonyl (C=O) groups is 2. The molecule has 0 radical (unpaired) electrons. The van der Waals surface area contributed by atoms with Crippen molar-refractivity contribution in [2.45, 2.75) is 13.0 Å². The summed E-state index contributed by atoms with van der Waals surface area (Å²) in [6, 6.07) is 18.7. The maximum atomic E-state index is 12.3. The lowest BCUT2D eigenvalue weighted by Crippen LogP contribution is -2.33. The molecular formula is C24H21N3O7. The van der Waals surface area contributed by atoms with Crippen LogP contribution in [0.2, 0.25) is 0 Å². The second-order valence-electron chi connectivity index (χ2n) is 6.91. The number of carbonyl (C=O) groups excluding carboxylic acids is 2. The quantitative estimate of drug-likeness (QED) is 0.168. The Balaban J connectivity index is 1.57. The molecule has 10 heteroatoms. The fraction of sp³-hybridized carbons (Fsp3) is 0.125. The summed E-state index contributed by atoms with van der Waals surface area (Å²) >= 11 is 0. The molecule has 0 heterocycles. The number of rotatable bonds is 9. The van der Waals surface area contributed by atoms with Gasteiger partial charge in [0.1, 0.15) is 5.75 Å². The zero-order valence-electron chi connectivity index (χ0n) is 18.3. The summed E-state index contributed by atoms with van der Waals surface area (Å²) in [4.78, 5) is 34.6. The van der Waals surface area contributed by atoms with E-state index < -0.39 is 22.9 Å². The van der Waals surface area contributed by atoms with Crippen molar-refractivity contribution >= 4 is 23.8 Å². The second-order valence-corrected chi connectivity index (χ2v) is 6.91. The van der Waals surface area contributed by atoms with E-state index in [9.17, 15) is 19.7 Å². The minimum Gasteiger partial charge on any atom is -0.493 e. The van der Waals surface area contributed by atoms with Crippen LogP contribution < -0.4 is 19.6 Å². The van der Waals surface area contributed by atoms with E-state index in [0.29, 0.717) is 22.6 Å². The summed E-state index contributed by atoms with van der Waals surface area (Å²) in [7, 11) is 1.44. The van der Waals surface area contributed by atoms with E-state index in [-0.39, 0.29) is 11.4 Å². The predicted molar refractivity (Wildman–Crippen MR) is 123 cm³/mol. The Kier molecular flexibility index (Phi) is 7.90. The van der Waals surface area contributed by atoms with Gasteiger partial charge in [0.2, 0.25) is 0 Å². The summed E-state index contributed by atoms with van der Waals surface area (Å²) in [5.41, 5.74) is 3.27. The number of nitro benzene ring substituents is 1. The molecule has 0 aliphatic rings. The number of amides is 1. The highest BCUT2D eigenvalue weighted by Gasteiger charge is 2.15. The molecule has 1 unspecified atom stereocenters. The Morgan fingerprint density at radius 1 is 1.03 bits per heavy atom. The number of esters is 1. The van der Waals surface area contributed by atoms with Gasteiger partial charge in [0, 0.05) is 12.1 Å². The molecule has 1 amide bonds. The number of nitrogens with zero attached hydrogens (tertiary/aromatic N) is 2. The standard InChI is InChI=1S/C24H21N3O7/c1-16(33-20-11-9-19(10-12-20)27(30)31)23(28)26-25-15-17-8-13-21(22(14-17)32-2)34-24(29)18-6-4-3-5-7-18/h3-16H,1-2H3,(H,26,28). The molecule has 3 aromatic rings. The summed E-state index contributed by atoms with van der Waals surface area (Å²) in [5, 5.41) is 14.6. The minimum absolute atomic E-state index is 0.0784. The van der Waals surface area contributed by atoms with E-state index in [1.165, 1.54) is 44.5 Å². The van der Waals surface area contributed by atoms with Crippen molar-refractivity contribution in [1.29, 1.82) is 0 Å². The first kappa shape index (κ1) is 23.9. The van der Waals surface area contributed by atoms with Crippen LogP contribution in [0.15, 0.2) is 77.9 Å². The highest BCUT2D eigenvalue weighted by molar-refractivity contribution is 5.91. The van der Waals surface area contributed by atoms with Crippen molar-refractivity contribution in [1.82, 2.24) is 5.43 Å². The van der Waals surface area contributed by atoms with Crippen LogP contribution in [-0.4, -0.2) is 36.2 Å². The summed E-state index contributed by atoms with van der Waals surface area (Å²) in [6.45, 7) is 1.52. The lowest BCUT2D eigenvalue weighted by Gasteiger charge is -2.12. The Labute approximate surface area is 194 Å². The monoisotopic (exact) mass is 463 g/mol. The number of hydrogen-bond donors (Lipinski definition) is 1. The van der Waals surface area contributed by atoms with Gasteiger partial charge in [-0.1, -0.05) is 18.2 Å². The van der Waals surface area contributed by atoms with Gasteiger partial charge < -0.3 is 14.2 Å². The predicted octanol–water partition coefficient (Wildman–Crippen LogP) is 3.74. The third-order valence-corrected chi connectivity index (χ3v) is 4.52. The first-order valence-corrected chi connectivity index (χ1v) is 10.1. The van der Waals surface area contributed by atoms with Gasteiger partial charge in [-0.05, 0) is 55.0 Å². The number of hydrazone groups is 1. The number of ether oxygens (including phenoxy) is 3. The van der Waals surface area contributed by atoms with E-state index >= 15 is 0 Å². The number of non-ortho nitro benzene ring substituents is 1. The largest absolute Gasteiger partial charge is 0.493 e. The Morgan fingerprint density at radius 2 is 1.74 bits per heavy atom. The molecule has 3 aromatic carbocycles. The Bertz CT molecular complexity index is 1190. The van der Waals surface area contributed by atoms with Crippen LogP contribution in [0.4, 0.5) is 5.69 Å². The highest BCUT2D eigenvalue weighted by atomic mass is 16.6. The average Bonchev–Trinajstić information content (AvgIpc) is 2.85. The van der Waals surface area contributed by atoms with E-state index in [2.05, 4.69) is 10.5 Å². The topological polar surface area (TPSA) is 129 Å². The van der Waals surface area contributed by atoms with Crippen LogP contribution in [0.5, 0.6) is 17.2 Å². The van der Waals surface area contributed by atoms with Crippen LogP contribution in [0.25, 0.3) is 0 Å². The number of nitro groups is 1. The molecule has 174 valence electrons. The van der Waals surface area contributed by atoms with Gasteiger partial charge >= 0.3 is 5.97 Å². The molecule has 0 saturated heterocycles. The molecule has 0 aliphatic heterocycles. The van der Waals surface area contributed by atoms with E-state index in [4.69, 9.17) is 14.2 Å². The third kappa shape index (κ3) is 6.39. The van der Waals surface area contributed by atoms with Crippen LogP contribution in [0, 0.1) is 10.1 Å². The van der Waals surface area contributed by atoms with Crippen molar-refractivity contribution in [2.75, 3.05) is 7.11 Å². The molecule has 3 rings (SSSR count). The molecule has 0 aromatic heterocycles. The molecular weight excluding hydrogens is 442 g/mol. The Hall–Kier alpha value is -4.73. The first-order valence-electron chi connectivity index (χ1n) is 10.1. The van der Waals surface area contributed by atoms with Crippen molar-refractivity contribution < 1.29 is 28.7 Å². The zero-order chi connectivity index (χ0) is 24.5. The molecule has 0 fully saturated rings. The van der Waals surface area contributed by atoms with Crippen molar-refractivity contribution in [3.63, 3.8) is 0 Å². The van der Waals surface area contributed by atoms with Gasteiger partial charge in [-0.3, -0.25) is 14.9 Å². The molecule has 1 atom stereocenters. The van der Waals surface area contributed by atoms with Gasteiger partial charge in [-0.15, -0.1) is 0 Å². The fourth-order valence-corrected chi connectivity index (χ4v) is 2.75. The third-order valence-electron chi connectivity index (χ3n) is 4.52. The van der Waals surface area contributed by atoms with Crippen LogP contribution in [0.3, 0.4) is 0 Å². The molecule has 0 saturated carbocycles. The zero-order valence-corrected chi connectivity index (χ0v) is 18.3. The summed E-state index contributed by atoms with van der Waals surface area (Å²) in [6.07, 6.45) is 0.495. The fourth-order valence-electron chi connectivity index (χ4n) is 2.75.